The van der Waals surface area contributed by atoms with Gasteiger partial charge in [-0.1, -0.05) is 0 Å². The lowest BCUT2D eigenvalue weighted by Crippen LogP contribution is -2.45. The summed E-state index contributed by atoms with van der Waals surface area (Å²) < 4.78 is 0. The molecular weight excluding hydrogens is 246 g/mol. The average Bonchev–Trinajstić information content (AvgIpc) is 2.88. The van der Waals surface area contributed by atoms with E-state index in [0.29, 0.717) is 5.92 Å². The molecule has 3 heterocycles. The van der Waals surface area contributed by atoms with Gasteiger partial charge in [-0.05, 0) is 65.3 Å². The molecule has 2 aromatic heterocycles. The quantitative estimate of drug-likeness (QED) is 0.854. The van der Waals surface area contributed by atoms with Gasteiger partial charge in [-0.3, -0.25) is 9.88 Å². The molecule has 0 radical (unpaired) electrons. The van der Waals surface area contributed by atoms with Crippen molar-refractivity contribution in [2.75, 3.05) is 13.1 Å². The third-order valence-corrected chi connectivity index (χ3v) is 4.73. The normalized spacial score (nSPS) is 18.8. The summed E-state index contributed by atoms with van der Waals surface area (Å²) in [6.07, 6.45) is 6.45. The molecule has 3 rings (SSSR count). The molecule has 0 saturated carbocycles. The third-order valence-electron chi connectivity index (χ3n) is 4.73. The van der Waals surface area contributed by atoms with E-state index in [1.54, 1.807) is 0 Å². The SMILES string of the molecule is Cc1c(C2CCN(C(C)(C)C)CC2)ncc2[nH]ccc12. The molecule has 1 fully saturated rings. The predicted molar refractivity (Wildman–Crippen MR) is 84.1 cm³/mol. The monoisotopic (exact) mass is 271 g/mol. The molecule has 1 saturated heterocycles. The summed E-state index contributed by atoms with van der Waals surface area (Å²) in [5, 5.41) is 1.33. The Hall–Kier alpha value is -1.35. The molecule has 0 spiro atoms. The maximum absolute atomic E-state index is 4.74. The smallest absolute Gasteiger partial charge is 0.0643 e. The highest BCUT2D eigenvalue weighted by molar-refractivity contribution is 5.82. The zero-order chi connectivity index (χ0) is 14.3. The van der Waals surface area contributed by atoms with Gasteiger partial charge in [-0.2, -0.15) is 0 Å². The Morgan fingerprint density at radius 3 is 2.60 bits per heavy atom. The number of piperidine rings is 1. The molecule has 0 aromatic carbocycles. The highest BCUT2D eigenvalue weighted by Crippen LogP contribution is 2.33. The van der Waals surface area contributed by atoms with Gasteiger partial charge in [-0.15, -0.1) is 0 Å². The number of aromatic amines is 1. The molecule has 3 nitrogen and oxygen atoms in total. The van der Waals surface area contributed by atoms with Gasteiger partial charge in [0, 0.05) is 28.7 Å². The van der Waals surface area contributed by atoms with Crippen molar-refractivity contribution in [3.8, 4) is 0 Å². The number of fused-ring (bicyclic) bond motifs is 1. The fraction of sp³-hybridized carbons (Fsp3) is 0.588. The van der Waals surface area contributed by atoms with Crippen molar-refractivity contribution in [2.24, 2.45) is 0 Å². The van der Waals surface area contributed by atoms with Crippen molar-refractivity contribution < 1.29 is 0 Å². The van der Waals surface area contributed by atoms with Crippen LogP contribution in [-0.4, -0.2) is 33.5 Å². The summed E-state index contributed by atoms with van der Waals surface area (Å²) >= 11 is 0. The summed E-state index contributed by atoms with van der Waals surface area (Å²) in [7, 11) is 0. The molecule has 0 amide bonds. The first-order valence-electron chi connectivity index (χ1n) is 7.64. The number of hydrogen-bond acceptors (Lipinski definition) is 2. The molecule has 0 bridgehead atoms. The first-order chi connectivity index (χ1) is 9.47. The largest absolute Gasteiger partial charge is 0.360 e. The van der Waals surface area contributed by atoms with Crippen LogP contribution in [-0.2, 0) is 0 Å². The van der Waals surface area contributed by atoms with Gasteiger partial charge in [0.15, 0.2) is 0 Å². The van der Waals surface area contributed by atoms with Crippen molar-refractivity contribution in [1.82, 2.24) is 14.9 Å². The van der Waals surface area contributed by atoms with Crippen molar-refractivity contribution >= 4 is 10.9 Å². The summed E-state index contributed by atoms with van der Waals surface area (Å²) in [5.74, 6) is 0.618. The van der Waals surface area contributed by atoms with E-state index >= 15 is 0 Å². The number of likely N-dealkylation sites (tertiary alicyclic amines) is 1. The van der Waals surface area contributed by atoms with Crippen LogP contribution >= 0.6 is 0 Å². The van der Waals surface area contributed by atoms with E-state index in [1.165, 1.54) is 42.6 Å². The zero-order valence-corrected chi connectivity index (χ0v) is 13.0. The van der Waals surface area contributed by atoms with Gasteiger partial charge in [0.1, 0.15) is 0 Å². The van der Waals surface area contributed by atoms with Gasteiger partial charge in [0.25, 0.3) is 0 Å². The standard InChI is InChI=1S/C17H25N3/c1-12-14-5-8-18-15(14)11-19-16(12)13-6-9-20(10-7-13)17(2,3)4/h5,8,11,13,18H,6-7,9-10H2,1-4H3. The van der Waals surface area contributed by atoms with Crippen LogP contribution < -0.4 is 0 Å². The number of H-pyrrole nitrogens is 1. The van der Waals surface area contributed by atoms with Crippen LogP contribution in [0, 0.1) is 6.92 Å². The van der Waals surface area contributed by atoms with E-state index in [1.807, 2.05) is 12.4 Å². The van der Waals surface area contributed by atoms with Crippen molar-refractivity contribution in [1.29, 1.82) is 0 Å². The van der Waals surface area contributed by atoms with E-state index < -0.39 is 0 Å². The number of nitrogens with one attached hydrogen (secondary N) is 1. The number of hydrogen-bond donors (Lipinski definition) is 1. The second-order valence-corrected chi connectivity index (χ2v) is 7.01. The van der Waals surface area contributed by atoms with Gasteiger partial charge >= 0.3 is 0 Å². The Balaban J connectivity index is 1.81. The average molecular weight is 271 g/mol. The molecule has 3 heteroatoms. The van der Waals surface area contributed by atoms with Crippen molar-refractivity contribution in [3.05, 3.63) is 29.7 Å². The summed E-state index contributed by atoms with van der Waals surface area (Å²) in [6, 6.07) is 2.17. The molecule has 1 aliphatic rings. The molecule has 108 valence electrons. The van der Waals surface area contributed by atoms with Crippen LogP contribution in [0.4, 0.5) is 0 Å². The molecule has 0 atom stereocenters. The topological polar surface area (TPSA) is 31.9 Å². The molecule has 0 aliphatic carbocycles. The fourth-order valence-corrected chi connectivity index (χ4v) is 3.42. The van der Waals surface area contributed by atoms with Crippen LogP contribution in [0.3, 0.4) is 0 Å². The molecule has 20 heavy (non-hydrogen) atoms. The zero-order valence-electron chi connectivity index (χ0n) is 13.0. The van der Waals surface area contributed by atoms with Crippen LogP contribution in [0.15, 0.2) is 18.5 Å². The van der Waals surface area contributed by atoms with Crippen molar-refractivity contribution in [3.63, 3.8) is 0 Å². The Morgan fingerprint density at radius 2 is 1.95 bits per heavy atom. The minimum atomic E-state index is 0.290. The maximum Gasteiger partial charge on any atom is 0.0643 e. The summed E-state index contributed by atoms with van der Waals surface area (Å²) in [6.45, 7) is 11.5. The van der Waals surface area contributed by atoms with Gasteiger partial charge < -0.3 is 4.98 Å². The lowest BCUT2D eigenvalue weighted by atomic mass is 9.88. The lowest BCUT2D eigenvalue weighted by molar-refractivity contribution is 0.101. The Bertz CT molecular complexity index is 598. The van der Waals surface area contributed by atoms with E-state index in [4.69, 9.17) is 4.98 Å². The van der Waals surface area contributed by atoms with Gasteiger partial charge in [0.05, 0.1) is 11.7 Å². The number of aryl methyl sites for hydroxylation is 1. The van der Waals surface area contributed by atoms with Crippen LogP contribution in [0.2, 0.25) is 0 Å². The molecule has 0 unspecified atom stereocenters. The van der Waals surface area contributed by atoms with Gasteiger partial charge in [0.2, 0.25) is 0 Å². The Kier molecular flexibility index (Phi) is 3.33. The molecule has 2 aromatic rings. The van der Waals surface area contributed by atoms with Crippen LogP contribution in [0.1, 0.15) is 50.8 Å². The van der Waals surface area contributed by atoms with Crippen molar-refractivity contribution in [2.45, 2.75) is 52.0 Å². The third kappa shape index (κ3) is 2.35. The number of pyridine rings is 1. The summed E-state index contributed by atoms with van der Waals surface area (Å²) in [4.78, 5) is 10.6. The van der Waals surface area contributed by atoms with Crippen LogP contribution in [0.5, 0.6) is 0 Å². The van der Waals surface area contributed by atoms with E-state index in [0.717, 1.165) is 5.52 Å². The predicted octanol–water partition coefficient (Wildman–Crippen LogP) is 3.85. The van der Waals surface area contributed by atoms with E-state index in [-0.39, 0.29) is 5.54 Å². The maximum atomic E-state index is 4.74. The molecular formula is C17H25N3. The van der Waals surface area contributed by atoms with E-state index in [9.17, 15) is 0 Å². The van der Waals surface area contributed by atoms with E-state index in [2.05, 4.69) is 43.6 Å². The number of rotatable bonds is 1. The van der Waals surface area contributed by atoms with Crippen LogP contribution in [0.25, 0.3) is 10.9 Å². The highest BCUT2D eigenvalue weighted by atomic mass is 15.2. The van der Waals surface area contributed by atoms with Gasteiger partial charge in [-0.25, -0.2) is 0 Å². The lowest BCUT2D eigenvalue weighted by Gasteiger charge is -2.41. The number of aromatic nitrogens is 2. The minimum Gasteiger partial charge on any atom is -0.360 e. The second-order valence-electron chi connectivity index (χ2n) is 7.01. The summed E-state index contributed by atoms with van der Waals surface area (Å²) in [5.41, 5.74) is 4.11. The fourth-order valence-electron chi connectivity index (χ4n) is 3.42. The first kappa shape index (κ1) is 13.6. The first-order valence-corrected chi connectivity index (χ1v) is 7.64. The second kappa shape index (κ2) is 4.88. The number of nitrogens with zero attached hydrogens (tertiary/aromatic N) is 2. The molecule has 1 aliphatic heterocycles. The Labute approximate surface area is 121 Å². The molecule has 1 N–H and O–H groups in total. The Morgan fingerprint density at radius 1 is 1.25 bits per heavy atom. The highest BCUT2D eigenvalue weighted by Gasteiger charge is 2.29. The minimum absolute atomic E-state index is 0.290.